The normalized spacial score (nSPS) is 12.4. The Labute approximate surface area is 134 Å². The fourth-order valence-electron chi connectivity index (χ4n) is 2.31. The largest absolute Gasteiger partial charge is 0.126 e. The molecule has 2 rings (SSSR count). The molecule has 100 valence electrons. The van der Waals surface area contributed by atoms with Crippen LogP contribution in [-0.2, 0) is 12.8 Å². The third kappa shape index (κ3) is 4.81. The predicted octanol–water partition coefficient (Wildman–Crippen LogP) is 5.24. The van der Waals surface area contributed by atoms with Gasteiger partial charge in [-0.1, -0.05) is 42.0 Å². The number of hydrogen-bond donors (Lipinski definition) is 0. The van der Waals surface area contributed by atoms with Crippen LogP contribution in [-0.4, -0.2) is 5.88 Å². The van der Waals surface area contributed by atoms with Gasteiger partial charge < -0.3 is 0 Å². The molecule has 0 bridgehead atoms. The zero-order valence-corrected chi connectivity index (χ0v) is 14.0. The molecule has 0 nitrogen and oxygen atoms in total. The van der Waals surface area contributed by atoms with E-state index in [0.717, 1.165) is 12.8 Å². The fourth-order valence-corrected chi connectivity index (χ4v) is 2.89. The van der Waals surface area contributed by atoms with Crippen molar-refractivity contribution in [2.24, 2.45) is 5.92 Å². The predicted molar refractivity (Wildman–Crippen MR) is 92.0 cm³/mol. The number of alkyl halides is 1. The van der Waals surface area contributed by atoms with E-state index >= 15 is 0 Å². The van der Waals surface area contributed by atoms with Gasteiger partial charge in [0.25, 0.3) is 0 Å². The van der Waals surface area contributed by atoms with Crippen LogP contribution in [0.1, 0.15) is 16.7 Å². The summed E-state index contributed by atoms with van der Waals surface area (Å²) >= 11 is 8.47. The first-order valence-corrected chi connectivity index (χ1v) is 8.14. The van der Waals surface area contributed by atoms with Crippen molar-refractivity contribution in [1.29, 1.82) is 0 Å². The summed E-state index contributed by atoms with van der Waals surface area (Å²) in [6, 6.07) is 17.4. The summed E-state index contributed by atoms with van der Waals surface area (Å²) in [5.74, 6) is 1.21. The molecule has 0 spiro atoms. The molecule has 0 aliphatic heterocycles. The molecule has 19 heavy (non-hydrogen) atoms. The van der Waals surface area contributed by atoms with E-state index < -0.39 is 0 Å². The molecule has 0 aliphatic carbocycles. The van der Waals surface area contributed by atoms with Crippen LogP contribution >= 0.6 is 34.2 Å². The van der Waals surface area contributed by atoms with E-state index in [2.05, 4.69) is 78.0 Å². The van der Waals surface area contributed by atoms with Gasteiger partial charge in [-0.25, -0.2) is 0 Å². The zero-order valence-electron chi connectivity index (χ0n) is 11.1. The summed E-state index contributed by atoms with van der Waals surface area (Å²) in [5.41, 5.74) is 4.08. The maximum Gasteiger partial charge on any atom is 0.0258 e. The van der Waals surface area contributed by atoms with Crippen molar-refractivity contribution in [3.63, 3.8) is 0 Å². The second kappa shape index (κ2) is 7.30. The van der Waals surface area contributed by atoms with Crippen molar-refractivity contribution < 1.29 is 0 Å². The van der Waals surface area contributed by atoms with Gasteiger partial charge in [-0.05, 0) is 71.5 Å². The van der Waals surface area contributed by atoms with Crippen molar-refractivity contribution >= 4 is 34.2 Å². The highest BCUT2D eigenvalue weighted by Gasteiger charge is 2.10. The van der Waals surface area contributed by atoms with Crippen molar-refractivity contribution in [2.45, 2.75) is 19.8 Å². The molecule has 0 fully saturated rings. The lowest BCUT2D eigenvalue weighted by Crippen LogP contribution is -2.10. The van der Waals surface area contributed by atoms with E-state index in [1.807, 2.05) is 0 Å². The topological polar surface area (TPSA) is 0 Å². The molecular formula is C17H18ClI. The highest BCUT2D eigenvalue weighted by molar-refractivity contribution is 14.1. The highest BCUT2D eigenvalue weighted by atomic mass is 127. The highest BCUT2D eigenvalue weighted by Crippen LogP contribution is 2.18. The number of hydrogen-bond acceptors (Lipinski definition) is 0. The smallest absolute Gasteiger partial charge is 0.0258 e. The molecule has 0 radical (unpaired) electrons. The van der Waals surface area contributed by atoms with E-state index in [9.17, 15) is 0 Å². The van der Waals surface area contributed by atoms with Crippen molar-refractivity contribution in [3.8, 4) is 0 Å². The lowest BCUT2D eigenvalue weighted by Gasteiger charge is -2.14. The van der Waals surface area contributed by atoms with Gasteiger partial charge in [-0.3, -0.25) is 0 Å². The molecule has 0 heterocycles. The van der Waals surface area contributed by atoms with E-state index in [1.165, 1.54) is 20.3 Å². The minimum atomic E-state index is 0.503. The van der Waals surface area contributed by atoms with Gasteiger partial charge in [-0.15, -0.1) is 11.6 Å². The maximum absolute atomic E-state index is 6.14. The molecular weight excluding hydrogens is 367 g/mol. The number of rotatable bonds is 5. The van der Waals surface area contributed by atoms with Crippen molar-refractivity contribution in [3.05, 3.63) is 68.8 Å². The minimum Gasteiger partial charge on any atom is -0.126 e. The molecule has 0 N–H and O–H groups in total. The maximum atomic E-state index is 6.14. The molecule has 1 atom stereocenters. The van der Waals surface area contributed by atoms with Gasteiger partial charge >= 0.3 is 0 Å². The van der Waals surface area contributed by atoms with E-state index in [4.69, 9.17) is 11.6 Å². The summed E-state index contributed by atoms with van der Waals surface area (Å²) in [6.07, 6.45) is 2.10. The van der Waals surface area contributed by atoms with Crippen molar-refractivity contribution in [1.82, 2.24) is 0 Å². The van der Waals surface area contributed by atoms with Gasteiger partial charge in [-0.2, -0.15) is 0 Å². The van der Waals surface area contributed by atoms with Crippen LogP contribution in [0.3, 0.4) is 0 Å². The average molecular weight is 385 g/mol. The van der Waals surface area contributed by atoms with Crippen LogP contribution < -0.4 is 0 Å². The van der Waals surface area contributed by atoms with Gasteiger partial charge in [0.15, 0.2) is 0 Å². The van der Waals surface area contributed by atoms with Gasteiger partial charge in [0.1, 0.15) is 0 Å². The first-order valence-electron chi connectivity index (χ1n) is 6.53. The van der Waals surface area contributed by atoms with Crippen LogP contribution in [0.15, 0.2) is 48.5 Å². The Morgan fingerprint density at radius 3 is 2.32 bits per heavy atom. The minimum absolute atomic E-state index is 0.503. The molecule has 0 aromatic heterocycles. The van der Waals surface area contributed by atoms with E-state index in [-0.39, 0.29) is 0 Å². The average Bonchev–Trinajstić information content (AvgIpc) is 2.40. The molecule has 2 heteroatoms. The lowest BCUT2D eigenvalue weighted by atomic mass is 9.93. The van der Waals surface area contributed by atoms with Crippen LogP contribution in [0.25, 0.3) is 0 Å². The third-order valence-corrected chi connectivity index (χ3v) is 4.42. The van der Waals surface area contributed by atoms with Gasteiger partial charge in [0.05, 0.1) is 0 Å². The second-order valence-corrected chi connectivity index (χ2v) is 6.60. The second-order valence-electron chi connectivity index (χ2n) is 5.04. The first-order chi connectivity index (χ1) is 9.17. The van der Waals surface area contributed by atoms with Crippen LogP contribution in [0.5, 0.6) is 0 Å². The molecule has 2 aromatic carbocycles. The fraction of sp³-hybridized carbons (Fsp3) is 0.294. The van der Waals surface area contributed by atoms with Crippen LogP contribution in [0, 0.1) is 16.4 Å². The van der Waals surface area contributed by atoms with Crippen LogP contribution in [0.4, 0.5) is 0 Å². The molecule has 0 amide bonds. The Balaban J connectivity index is 2.02. The van der Waals surface area contributed by atoms with Crippen LogP contribution in [0.2, 0.25) is 0 Å². The zero-order chi connectivity index (χ0) is 13.7. The monoisotopic (exact) mass is 384 g/mol. The van der Waals surface area contributed by atoms with E-state index in [1.54, 1.807) is 0 Å². The molecule has 2 aromatic rings. The Kier molecular flexibility index (Phi) is 5.71. The van der Waals surface area contributed by atoms with Gasteiger partial charge in [0.2, 0.25) is 0 Å². The molecule has 0 saturated carbocycles. The summed E-state index contributed by atoms with van der Waals surface area (Å²) in [4.78, 5) is 0. The number of benzene rings is 2. The number of halogens is 2. The van der Waals surface area contributed by atoms with Crippen molar-refractivity contribution in [2.75, 3.05) is 5.88 Å². The quantitative estimate of drug-likeness (QED) is 0.488. The Morgan fingerprint density at radius 2 is 1.68 bits per heavy atom. The SMILES string of the molecule is Cc1cccc(CC(CCl)Cc2ccc(I)cc2)c1. The summed E-state index contributed by atoms with van der Waals surface area (Å²) in [7, 11) is 0. The Bertz CT molecular complexity index is 519. The lowest BCUT2D eigenvalue weighted by molar-refractivity contribution is 0.584. The van der Waals surface area contributed by atoms with Gasteiger partial charge in [0, 0.05) is 9.45 Å². The summed E-state index contributed by atoms with van der Waals surface area (Å²) in [6.45, 7) is 2.14. The number of aryl methyl sites for hydroxylation is 1. The Hall–Kier alpha value is -0.540. The third-order valence-electron chi connectivity index (χ3n) is 3.26. The standard InChI is InChI=1S/C17H18ClI/c1-13-3-2-4-15(9-13)11-16(12-18)10-14-5-7-17(19)8-6-14/h2-9,16H,10-12H2,1H3. The molecule has 1 unspecified atom stereocenters. The summed E-state index contributed by atoms with van der Waals surface area (Å²) < 4.78 is 1.28. The molecule has 0 saturated heterocycles. The Morgan fingerprint density at radius 1 is 1.00 bits per heavy atom. The first kappa shape index (κ1) is 14.9. The summed E-state index contributed by atoms with van der Waals surface area (Å²) in [5, 5.41) is 0. The van der Waals surface area contributed by atoms with E-state index in [0.29, 0.717) is 11.8 Å². The molecule has 0 aliphatic rings.